The van der Waals surface area contributed by atoms with Crippen LogP contribution in [0.2, 0.25) is 0 Å². The van der Waals surface area contributed by atoms with E-state index < -0.39 is 0 Å². The molecule has 0 amide bonds. The number of imidazole rings is 1. The molecule has 162 valence electrons. The molecule has 31 heavy (non-hydrogen) atoms. The Morgan fingerprint density at radius 2 is 1.81 bits per heavy atom. The van der Waals surface area contributed by atoms with Gasteiger partial charge in [0.05, 0.1) is 12.9 Å². The van der Waals surface area contributed by atoms with E-state index >= 15 is 0 Å². The number of hydrogen-bond acceptors (Lipinski definition) is 3. The fourth-order valence-electron chi connectivity index (χ4n) is 3.81. The van der Waals surface area contributed by atoms with Crippen LogP contribution in [0, 0.1) is 0 Å². The van der Waals surface area contributed by atoms with E-state index in [4.69, 9.17) is 9.73 Å². The summed E-state index contributed by atoms with van der Waals surface area (Å²) >= 11 is 0. The van der Waals surface area contributed by atoms with Crippen LogP contribution in [0.25, 0.3) is 0 Å². The number of piperidine rings is 1. The average Bonchev–Trinajstić information content (AvgIpc) is 3.32. The molecule has 0 spiro atoms. The molecule has 1 aliphatic heterocycles. The molecule has 1 fully saturated rings. The largest absolute Gasteiger partial charge is 0.490 e. The molecule has 1 aliphatic rings. The minimum Gasteiger partial charge on any atom is -0.490 e. The number of guanidine groups is 1. The number of para-hydroxylation sites is 1. The smallest absolute Gasteiger partial charge is 0.194 e. The van der Waals surface area contributed by atoms with Crippen LogP contribution in [0.3, 0.4) is 0 Å². The number of rotatable bonds is 7. The third-order valence-electron chi connectivity index (χ3n) is 5.48. The van der Waals surface area contributed by atoms with E-state index in [1.807, 2.05) is 49.1 Å². The average molecular weight is 418 g/mol. The van der Waals surface area contributed by atoms with Gasteiger partial charge in [0.15, 0.2) is 5.96 Å². The van der Waals surface area contributed by atoms with Gasteiger partial charge in [-0.3, -0.25) is 0 Å². The first-order valence-corrected chi connectivity index (χ1v) is 11.1. The predicted octanol–water partition coefficient (Wildman–Crippen LogP) is 3.94. The first-order valence-electron chi connectivity index (χ1n) is 11.1. The number of aromatic nitrogens is 2. The molecule has 0 unspecified atom stereocenters. The van der Waals surface area contributed by atoms with Gasteiger partial charge in [-0.05, 0) is 30.2 Å². The van der Waals surface area contributed by atoms with Crippen LogP contribution < -0.4 is 10.1 Å². The van der Waals surface area contributed by atoms with Crippen molar-refractivity contribution in [3.8, 4) is 5.75 Å². The molecular formula is C25H31N5O. The summed E-state index contributed by atoms with van der Waals surface area (Å²) in [5.41, 5.74) is 2.48. The maximum Gasteiger partial charge on any atom is 0.194 e. The predicted molar refractivity (Wildman–Crippen MR) is 124 cm³/mol. The van der Waals surface area contributed by atoms with E-state index in [9.17, 15) is 0 Å². The van der Waals surface area contributed by atoms with Crippen LogP contribution in [0.4, 0.5) is 0 Å². The van der Waals surface area contributed by atoms with Gasteiger partial charge in [0.25, 0.3) is 0 Å². The Morgan fingerprint density at radius 1 is 1.06 bits per heavy atom. The van der Waals surface area contributed by atoms with Gasteiger partial charge >= 0.3 is 0 Å². The molecule has 0 aliphatic carbocycles. The molecule has 0 bridgehead atoms. The maximum absolute atomic E-state index is 6.13. The lowest BCUT2D eigenvalue weighted by Gasteiger charge is -2.34. The summed E-state index contributed by atoms with van der Waals surface area (Å²) in [5.74, 6) is 1.95. The quantitative estimate of drug-likeness (QED) is 0.467. The molecule has 0 saturated carbocycles. The second kappa shape index (κ2) is 10.7. The molecule has 6 nitrogen and oxygen atoms in total. The highest BCUT2D eigenvalue weighted by Crippen LogP contribution is 2.19. The van der Waals surface area contributed by atoms with Crippen LogP contribution in [0.1, 0.15) is 30.9 Å². The van der Waals surface area contributed by atoms with Crippen molar-refractivity contribution in [3.05, 3.63) is 84.4 Å². The topological polar surface area (TPSA) is 54.7 Å². The van der Waals surface area contributed by atoms with Crippen molar-refractivity contribution in [1.82, 2.24) is 19.8 Å². The number of benzene rings is 2. The highest BCUT2D eigenvalue weighted by atomic mass is 16.5. The van der Waals surface area contributed by atoms with Crippen molar-refractivity contribution < 1.29 is 4.74 Å². The number of ether oxygens (including phenoxy) is 1. The van der Waals surface area contributed by atoms with Gasteiger partial charge in [0.2, 0.25) is 0 Å². The number of likely N-dealkylation sites (tertiary alicyclic amines) is 1. The Balaban J connectivity index is 1.31. The van der Waals surface area contributed by atoms with E-state index in [1.165, 1.54) is 11.1 Å². The van der Waals surface area contributed by atoms with Crippen LogP contribution in [-0.4, -0.2) is 46.1 Å². The van der Waals surface area contributed by atoms with Crippen molar-refractivity contribution in [3.63, 3.8) is 0 Å². The van der Waals surface area contributed by atoms with Gasteiger partial charge in [-0.1, -0.05) is 42.5 Å². The summed E-state index contributed by atoms with van der Waals surface area (Å²) in [4.78, 5) is 11.3. The third-order valence-corrected chi connectivity index (χ3v) is 5.48. The Hall–Kier alpha value is -3.28. The van der Waals surface area contributed by atoms with Crippen molar-refractivity contribution in [1.29, 1.82) is 0 Å². The van der Waals surface area contributed by atoms with Crippen molar-refractivity contribution in [2.45, 2.75) is 39.0 Å². The number of nitrogens with one attached hydrogen (secondary N) is 1. The van der Waals surface area contributed by atoms with E-state index in [2.05, 4.69) is 51.0 Å². The number of nitrogens with zero attached hydrogens (tertiary/aromatic N) is 4. The Morgan fingerprint density at radius 3 is 2.48 bits per heavy atom. The Kier molecular flexibility index (Phi) is 7.21. The summed E-state index contributed by atoms with van der Waals surface area (Å²) in [6, 6.07) is 18.8. The molecule has 0 atom stereocenters. The van der Waals surface area contributed by atoms with Gasteiger partial charge in [-0.15, -0.1) is 0 Å². The zero-order valence-electron chi connectivity index (χ0n) is 18.2. The van der Waals surface area contributed by atoms with E-state index in [-0.39, 0.29) is 6.10 Å². The lowest BCUT2D eigenvalue weighted by Crippen LogP contribution is -2.47. The minimum absolute atomic E-state index is 0.268. The van der Waals surface area contributed by atoms with E-state index in [0.717, 1.165) is 50.7 Å². The summed E-state index contributed by atoms with van der Waals surface area (Å²) in [6.45, 7) is 6.40. The van der Waals surface area contributed by atoms with Gasteiger partial charge in [-0.2, -0.15) is 0 Å². The van der Waals surface area contributed by atoms with Crippen molar-refractivity contribution in [2.24, 2.45) is 4.99 Å². The molecule has 1 aromatic heterocycles. The van der Waals surface area contributed by atoms with Crippen LogP contribution in [-0.2, 0) is 13.1 Å². The summed E-state index contributed by atoms with van der Waals surface area (Å²) in [6.07, 6.45) is 7.90. The molecule has 0 radical (unpaired) electrons. The van der Waals surface area contributed by atoms with Crippen LogP contribution in [0.15, 0.2) is 78.3 Å². The fraction of sp³-hybridized carbons (Fsp3) is 0.360. The summed E-state index contributed by atoms with van der Waals surface area (Å²) < 4.78 is 8.20. The van der Waals surface area contributed by atoms with Crippen LogP contribution >= 0.6 is 0 Å². The molecular weight excluding hydrogens is 386 g/mol. The first kappa shape index (κ1) is 21.0. The van der Waals surface area contributed by atoms with Crippen LogP contribution in [0.5, 0.6) is 5.75 Å². The second-order valence-electron chi connectivity index (χ2n) is 7.84. The zero-order chi connectivity index (χ0) is 21.3. The van der Waals surface area contributed by atoms with Crippen molar-refractivity contribution in [2.75, 3.05) is 19.6 Å². The highest BCUT2D eigenvalue weighted by Gasteiger charge is 2.22. The molecule has 6 heteroatoms. The molecule has 2 heterocycles. The summed E-state index contributed by atoms with van der Waals surface area (Å²) in [5, 5.41) is 3.45. The van der Waals surface area contributed by atoms with Gasteiger partial charge in [-0.25, -0.2) is 9.98 Å². The summed E-state index contributed by atoms with van der Waals surface area (Å²) in [7, 11) is 0. The monoisotopic (exact) mass is 417 g/mol. The second-order valence-corrected chi connectivity index (χ2v) is 7.84. The lowest BCUT2D eigenvalue weighted by atomic mass is 10.1. The maximum atomic E-state index is 6.13. The van der Waals surface area contributed by atoms with Gasteiger partial charge in [0.1, 0.15) is 11.9 Å². The number of aliphatic imine (C=N–C) groups is 1. The third kappa shape index (κ3) is 6.10. The first-order chi connectivity index (χ1) is 15.3. The molecule has 3 aromatic rings. The number of hydrogen-bond donors (Lipinski definition) is 1. The fourth-order valence-corrected chi connectivity index (χ4v) is 3.81. The van der Waals surface area contributed by atoms with Gasteiger partial charge in [0, 0.05) is 51.4 Å². The highest BCUT2D eigenvalue weighted by molar-refractivity contribution is 5.80. The van der Waals surface area contributed by atoms with E-state index in [1.54, 1.807) is 0 Å². The van der Waals surface area contributed by atoms with Crippen molar-refractivity contribution >= 4 is 5.96 Å². The van der Waals surface area contributed by atoms with E-state index in [0.29, 0.717) is 6.54 Å². The normalized spacial score (nSPS) is 15.1. The standard InChI is InChI=1S/C25H31N5O/c1-2-27-25(30-15-12-24(13-16-30)31-23-6-4-3-5-7-23)28-18-21-8-10-22(11-9-21)19-29-17-14-26-20-29/h3-11,14,17,20,24H,2,12-13,15-16,18-19H2,1H3,(H,27,28). The Labute approximate surface area is 184 Å². The molecule has 1 saturated heterocycles. The lowest BCUT2D eigenvalue weighted by molar-refractivity contribution is 0.129. The SMILES string of the molecule is CCNC(=NCc1ccc(Cn2ccnc2)cc1)N1CCC(Oc2ccccc2)CC1. The van der Waals surface area contributed by atoms with Gasteiger partial charge < -0.3 is 19.5 Å². The Bertz CT molecular complexity index is 930. The molecule has 4 rings (SSSR count). The molecule has 1 N–H and O–H groups in total. The minimum atomic E-state index is 0.268. The molecule has 2 aromatic carbocycles. The zero-order valence-corrected chi connectivity index (χ0v) is 18.2.